The van der Waals surface area contributed by atoms with Crippen molar-refractivity contribution >= 4 is 5.69 Å². The first-order valence-electron chi connectivity index (χ1n) is 7.23. The van der Waals surface area contributed by atoms with Crippen molar-refractivity contribution in [3.63, 3.8) is 0 Å². The molecular weight excluding hydrogens is 256 g/mol. The smallest absolute Gasteiger partial charge is 0.269 e. The lowest BCUT2D eigenvalue weighted by molar-refractivity contribution is -0.384. The van der Waals surface area contributed by atoms with Gasteiger partial charge in [0.1, 0.15) is 0 Å². The third-order valence-corrected chi connectivity index (χ3v) is 3.85. The van der Waals surface area contributed by atoms with Crippen molar-refractivity contribution in [3.05, 3.63) is 39.9 Å². The van der Waals surface area contributed by atoms with Crippen LogP contribution in [0.25, 0.3) is 0 Å². The Morgan fingerprint density at radius 2 is 2.35 bits per heavy atom. The molecule has 20 heavy (non-hydrogen) atoms. The first kappa shape index (κ1) is 14.9. The molecule has 1 heterocycles. The lowest BCUT2D eigenvalue weighted by Gasteiger charge is -2.24. The van der Waals surface area contributed by atoms with Gasteiger partial charge in [-0.2, -0.15) is 0 Å². The van der Waals surface area contributed by atoms with E-state index in [4.69, 9.17) is 4.74 Å². The monoisotopic (exact) mass is 278 g/mol. The molecule has 1 fully saturated rings. The van der Waals surface area contributed by atoms with Gasteiger partial charge in [-0.3, -0.25) is 10.1 Å². The van der Waals surface area contributed by atoms with Gasteiger partial charge in [-0.1, -0.05) is 25.5 Å². The van der Waals surface area contributed by atoms with Gasteiger partial charge in [-0.15, -0.1) is 0 Å². The maximum Gasteiger partial charge on any atom is 0.269 e. The lowest BCUT2D eigenvalue weighted by Crippen LogP contribution is -2.37. The normalized spacial score (nSPS) is 23.7. The fourth-order valence-electron chi connectivity index (χ4n) is 2.70. The highest BCUT2D eigenvalue weighted by atomic mass is 16.6. The first-order valence-corrected chi connectivity index (χ1v) is 7.23. The van der Waals surface area contributed by atoms with E-state index < -0.39 is 0 Å². The van der Waals surface area contributed by atoms with E-state index in [1.807, 2.05) is 6.07 Å². The van der Waals surface area contributed by atoms with Crippen molar-refractivity contribution < 1.29 is 9.66 Å². The van der Waals surface area contributed by atoms with Gasteiger partial charge in [0, 0.05) is 30.8 Å². The molecule has 0 spiro atoms. The van der Waals surface area contributed by atoms with Crippen LogP contribution in [0.4, 0.5) is 5.69 Å². The van der Waals surface area contributed by atoms with Crippen LogP contribution in [0.2, 0.25) is 0 Å². The summed E-state index contributed by atoms with van der Waals surface area (Å²) in [5, 5.41) is 14.5. The van der Waals surface area contributed by atoms with Crippen molar-refractivity contribution in [2.45, 2.75) is 51.3 Å². The molecule has 0 aromatic heterocycles. The van der Waals surface area contributed by atoms with E-state index >= 15 is 0 Å². The molecule has 0 radical (unpaired) electrons. The van der Waals surface area contributed by atoms with E-state index in [1.54, 1.807) is 12.1 Å². The van der Waals surface area contributed by atoms with Crippen LogP contribution in [-0.2, 0) is 4.74 Å². The highest BCUT2D eigenvalue weighted by Gasteiger charge is 2.27. The molecule has 0 aliphatic carbocycles. The minimum Gasteiger partial charge on any atom is -0.377 e. The van der Waals surface area contributed by atoms with E-state index in [9.17, 15) is 10.1 Å². The Morgan fingerprint density at radius 3 is 2.95 bits per heavy atom. The standard InChI is InChI=1S/C15H22N2O3/c1-3-5-15(16-14-8-9-20-11(14)2)12-6-4-7-13(10-12)17(18)19/h4,6-7,10-11,14-16H,3,5,8-9H2,1-2H3. The molecule has 1 aromatic carbocycles. The summed E-state index contributed by atoms with van der Waals surface area (Å²) in [7, 11) is 0. The first-order chi connectivity index (χ1) is 9.61. The highest BCUT2D eigenvalue weighted by Crippen LogP contribution is 2.25. The molecule has 1 N–H and O–H groups in total. The van der Waals surface area contributed by atoms with Gasteiger partial charge in [0.05, 0.1) is 11.0 Å². The molecule has 0 bridgehead atoms. The molecule has 3 atom stereocenters. The van der Waals surface area contributed by atoms with Gasteiger partial charge in [-0.25, -0.2) is 0 Å². The minimum absolute atomic E-state index is 0.147. The average Bonchev–Trinajstić information content (AvgIpc) is 2.84. The van der Waals surface area contributed by atoms with Crippen molar-refractivity contribution in [1.29, 1.82) is 0 Å². The zero-order valence-corrected chi connectivity index (χ0v) is 12.0. The SMILES string of the molecule is CCCC(NC1CCOC1C)c1cccc([N+](=O)[O-])c1. The van der Waals surface area contributed by atoms with Crippen LogP contribution in [0, 0.1) is 10.1 Å². The van der Waals surface area contributed by atoms with Crippen LogP contribution in [0.3, 0.4) is 0 Å². The van der Waals surface area contributed by atoms with Crippen LogP contribution in [-0.4, -0.2) is 23.7 Å². The fourth-order valence-corrected chi connectivity index (χ4v) is 2.70. The molecular formula is C15H22N2O3. The average molecular weight is 278 g/mol. The van der Waals surface area contributed by atoms with E-state index in [0.717, 1.165) is 31.4 Å². The van der Waals surface area contributed by atoms with Gasteiger partial charge < -0.3 is 10.1 Å². The molecule has 0 amide bonds. The Hall–Kier alpha value is -1.46. The number of hydrogen-bond acceptors (Lipinski definition) is 4. The third kappa shape index (κ3) is 3.55. The number of benzene rings is 1. The summed E-state index contributed by atoms with van der Waals surface area (Å²) >= 11 is 0. The van der Waals surface area contributed by atoms with Gasteiger partial charge in [0.25, 0.3) is 5.69 Å². The van der Waals surface area contributed by atoms with Crippen LogP contribution in [0.1, 0.15) is 44.7 Å². The Morgan fingerprint density at radius 1 is 1.55 bits per heavy atom. The number of rotatable bonds is 6. The number of ether oxygens (including phenoxy) is 1. The van der Waals surface area contributed by atoms with Crippen molar-refractivity contribution in [2.75, 3.05) is 6.61 Å². The Labute approximate surface area is 119 Å². The van der Waals surface area contributed by atoms with E-state index in [2.05, 4.69) is 19.2 Å². The molecule has 1 aliphatic rings. The van der Waals surface area contributed by atoms with Gasteiger partial charge >= 0.3 is 0 Å². The summed E-state index contributed by atoms with van der Waals surface area (Å²) in [5.41, 5.74) is 1.14. The number of nitrogens with one attached hydrogen (secondary N) is 1. The number of nitrogens with zero attached hydrogens (tertiary/aromatic N) is 1. The van der Waals surface area contributed by atoms with Crippen LogP contribution >= 0.6 is 0 Å². The molecule has 1 aliphatic heterocycles. The Bertz CT molecular complexity index is 464. The Balaban J connectivity index is 2.14. The number of hydrogen-bond donors (Lipinski definition) is 1. The molecule has 1 aromatic rings. The lowest BCUT2D eigenvalue weighted by atomic mass is 9.99. The second-order valence-electron chi connectivity index (χ2n) is 5.33. The van der Waals surface area contributed by atoms with Gasteiger partial charge in [-0.05, 0) is 25.3 Å². The summed E-state index contributed by atoms with van der Waals surface area (Å²) < 4.78 is 5.57. The largest absolute Gasteiger partial charge is 0.377 e. The van der Waals surface area contributed by atoms with Crippen LogP contribution in [0.5, 0.6) is 0 Å². The predicted molar refractivity (Wildman–Crippen MR) is 77.7 cm³/mol. The van der Waals surface area contributed by atoms with Crippen LogP contribution < -0.4 is 5.32 Å². The molecule has 5 heteroatoms. The number of nitro groups is 1. The van der Waals surface area contributed by atoms with Gasteiger partial charge in [0.2, 0.25) is 0 Å². The predicted octanol–water partition coefficient (Wildman–Crippen LogP) is 3.20. The molecule has 3 unspecified atom stereocenters. The fraction of sp³-hybridized carbons (Fsp3) is 0.600. The third-order valence-electron chi connectivity index (χ3n) is 3.85. The zero-order valence-electron chi connectivity index (χ0n) is 12.0. The second-order valence-corrected chi connectivity index (χ2v) is 5.33. The maximum atomic E-state index is 10.9. The molecule has 110 valence electrons. The van der Waals surface area contributed by atoms with E-state index in [1.165, 1.54) is 6.07 Å². The summed E-state index contributed by atoms with van der Waals surface area (Å²) in [4.78, 5) is 10.6. The summed E-state index contributed by atoms with van der Waals surface area (Å²) in [5.74, 6) is 0. The number of non-ortho nitro benzene ring substituents is 1. The maximum absolute atomic E-state index is 10.9. The minimum atomic E-state index is -0.339. The Kier molecular flexibility index (Phi) is 5.09. The molecule has 5 nitrogen and oxygen atoms in total. The molecule has 2 rings (SSSR count). The number of nitro benzene ring substituents is 1. The quantitative estimate of drug-likeness (QED) is 0.641. The molecule has 1 saturated heterocycles. The van der Waals surface area contributed by atoms with Gasteiger partial charge in [0.15, 0.2) is 0 Å². The summed E-state index contributed by atoms with van der Waals surface area (Å²) in [6.45, 7) is 4.98. The topological polar surface area (TPSA) is 64.4 Å². The summed E-state index contributed by atoms with van der Waals surface area (Å²) in [6, 6.07) is 7.40. The summed E-state index contributed by atoms with van der Waals surface area (Å²) in [6.07, 6.45) is 3.19. The zero-order chi connectivity index (χ0) is 14.5. The van der Waals surface area contributed by atoms with E-state index in [-0.39, 0.29) is 22.8 Å². The second kappa shape index (κ2) is 6.81. The van der Waals surface area contributed by atoms with Crippen molar-refractivity contribution in [2.24, 2.45) is 0 Å². The van der Waals surface area contributed by atoms with Crippen LogP contribution in [0.15, 0.2) is 24.3 Å². The van der Waals surface area contributed by atoms with Crippen molar-refractivity contribution in [3.8, 4) is 0 Å². The van der Waals surface area contributed by atoms with E-state index in [0.29, 0.717) is 6.04 Å². The van der Waals surface area contributed by atoms with Crippen molar-refractivity contribution in [1.82, 2.24) is 5.32 Å². The highest BCUT2D eigenvalue weighted by molar-refractivity contribution is 5.35. The molecule has 0 saturated carbocycles.